The monoisotopic (exact) mass is 164 g/mol. The third-order valence-corrected chi connectivity index (χ3v) is 2.17. The lowest BCUT2D eigenvalue weighted by Gasteiger charge is -2.06. The summed E-state index contributed by atoms with van der Waals surface area (Å²) in [6.07, 6.45) is 2.87. The van der Waals surface area contributed by atoms with Crippen molar-refractivity contribution >= 4 is 5.95 Å². The van der Waals surface area contributed by atoms with E-state index in [2.05, 4.69) is 15.3 Å². The predicted octanol–water partition coefficient (Wildman–Crippen LogP) is 0.136. The van der Waals surface area contributed by atoms with Gasteiger partial charge in [-0.2, -0.15) is 0 Å². The summed E-state index contributed by atoms with van der Waals surface area (Å²) < 4.78 is 0. The summed E-state index contributed by atoms with van der Waals surface area (Å²) in [5.74, 6) is 0.898. The molecule has 4 heteroatoms. The second kappa shape index (κ2) is 3.06. The van der Waals surface area contributed by atoms with Gasteiger partial charge in [0.15, 0.2) is 0 Å². The van der Waals surface area contributed by atoms with Gasteiger partial charge in [-0.05, 0) is 19.0 Å². The van der Waals surface area contributed by atoms with Crippen LogP contribution >= 0.6 is 0 Å². The van der Waals surface area contributed by atoms with Gasteiger partial charge in [0.1, 0.15) is 0 Å². The molecule has 1 fully saturated rings. The molecule has 1 aromatic rings. The highest BCUT2D eigenvalue weighted by Crippen LogP contribution is 2.19. The lowest BCUT2D eigenvalue weighted by atomic mass is 10.1. The molecule has 4 nitrogen and oxygen atoms in total. The number of hydrogen-bond donors (Lipinski definition) is 2. The molecule has 12 heavy (non-hydrogen) atoms. The predicted molar refractivity (Wildman–Crippen MR) is 46.7 cm³/mol. The van der Waals surface area contributed by atoms with E-state index in [4.69, 9.17) is 5.73 Å². The normalized spacial score (nSPS) is 22.8. The van der Waals surface area contributed by atoms with Crippen LogP contribution in [0.1, 0.15) is 18.0 Å². The van der Waals surface area contributed by atoms with E-state index >= 15 is 0 Å². The first kappa shape index (κ1) is 7.49. The molecule has 1 aliphatic heterocycles. The first-order chi connectivity index (χ1) is 5.86. The van der Waals surface area contributed by atoms with Gasteiger partial charge < -0.3 is 11.1 Å². The van der Waals surface area contributed by atoms with Crippen molar-refractivity contribution in [2.45, 2.75) is 12.3 Å². The second-order valence-corrected chi connectivity index (χ2v) is 3.03. The molecule has 0 spiro atoms. The maximum absolute atomic E-state index is 5.48. The van der Waals surface area contributed by atoms with Gasteiger partial charge in [-0.1, -0.05) is 0 Å². The average molecular weight is 164 g/mol. The molecule has 2 heterocycles. The second-order valence-electron chi connectivity index (χ2n) is 3.03. The Balaban J connectivity index is 2.21. The molecular formula is C8H12N4. The van der Waals surface area contributed by atoms with Crippen LogP contribution in [0.3, 0.4) is 0 Å². The SMILES string of the molecule is Nc1nccc(C2CCNC2)n1. The zero-order chi connectivity index (χ0) is 8.39. The summed E-state index contributed by atoms with van der Waals surface area (Å²) in [7, 11) is 0. The Hall–Kier alpha value is -1.16. The van der Waals surface area contributed by atoms with E-state index in [1.807, 2.05) is 6.07 Å². The van der Waals surface area contributed by atoms with Gasteiger partial charge in [0, 0.05) is 18.7 Å². The Kier molecular flexibility index (Phi) is 1.91. The van der Waals surface area contributed by atoms with Crippen molar-refractivity contribution < 1.29 is 0 Å². The number of rotatable bonds is 1. The van der Waals surface area contributed by atoms with Gasteiger partial charge in [-0.25, -0.2) is 9.97 Å². The molecule has 0 aromatic carbocycles. The number of aromatic nitrogens is 2. The highest BCUT2D eigenvalue weighted by Gasteiger charge is 2.17. The summed E-state index contributed by atoms with van der Waals surface area (Å²) in [6.45, 7) is 2.09. The lowest BCUT2D eigenvalue weighted by Crippen LogP contribution is -2.09. The van der Waals surface area contributed by atoms with Crippen LogP contribution in [0.4, 0.5) is 5.95 Å². The average Bonchev–Trinajstić information content (AvgIpc) is 2.56. The summed E-state index contributed by atoms with van der Waals surface area (Å²) in [4.78, 5) is 8.04. The van der Waals surface area contributed by atoms with Gasteiger partial charge >= 0.3 is 0 Å². The third kappa shape index (κ3) is 1.38. The van der Waals surface area contributed by atoms with Crippen LogP contribution in [-0.4, -0.2) is 23.1 Å². The van der Waals surface area contributed by atoms with E-state index in [-0.39, 0.29) is 0 Å². The molecule has 64 valence electrons. The number of anilines is 1. The molecule has 0 bridgehead atoms. The molecule has 1 aromatic heterocycles. The molecule has 1 aliphatic rings. The maximum atomic E-state index is 5.48. The van der Waals surface area contributed by atoms with Gasteiger partial charge in [0.2, 0.25) is 5.95 Å². The van der Waals surface area contributed by atoms with Gasteiger partial charge in [0.25, 0.3) is 0 Å². The maximum Gasteiger partial charge on any atom is 0.220 e. The van der Waals surface area contributed by atoms with Crippen LogP contribution in [0.2, 0.25) is 0 Å². The van der Waals surface area contributed by atoms with Crippen molar-refractivity contribution in [1.82, 2.24) is 15.3 Å². The molecule has 0 aliphatic carbocycles. The molecule has 0 radical (unpaired) electrons. The minimum atomic E-state index is 0.374. The fourth-order valence-electron chi connectivity index (χ4n) is 1.52. The minimum absolute atomic E-state index is 0.374. The van der Waals surface area contributed by atoms with E-state index in [1.54, 1.807) is 6.20 Å². The van der Waals surface area contributed by atoms with Crippen LogP contribution in [0.5, 0.6) is 0 Å². The van der Waals surface area contributed by atoms with Gasteiger partial charge in [0.05, 0.1) is 5.69 Å². The van der Waals surface area contributed by atoms with E-state index in [0.717, 1.165) is 25.2 Å². The summed E-state index contributed by atoms with van der Waals surface area (Å²) in [5, 5.41) is 3.29. The Labute approximate surface area is 71.2 Å². The Bertz CT molecular complexity index is 268. The number of nitrogens with one attached hydrogen (secondary N) is 1. The number of nitrogen functional groups attached to an aromatic ring is 1. The summed E-state index contributed by atoms with van der Waals surface area (Å²) in [6, 6.07) is 1.94. The standard InChI is InChI=1S/C8H12N4/c9-8-11-4-2-7(12-8)6-1-3-10-5-6/h2,4,6,10H,1,3,5H2,(H2,9,11,12). The molecular weight excluding hydrogens is 152 g/mol. The Morgan fingerprint density at radius 3 is 3.17 bits per heavy atom. The van der Waals surface area contributed by atoms with Crippen molar-refractivity contribution in [2.75, 3.05) is 18.8 Å². The highest BCUT2D eigenvalue weighted by molar-refractivity contribution is 5.20. The van der Waals surface area contributed by atoms with Crippen LogP contribution in [-0.2, 0) is 0 Å². The smallest absolute Gasteiger partial charge is 0.220 e. The first-order valence-electron chi connectivity index (χ1n) is 4.15. The topological polar surface area (TPSA) is 63.8 Å². The Morgan fingerprint density at radius 1 is 1.58 bits per heavy atom. The number of nitrogens with zero attached hydrogens (tertiary/aromatic N) is 2. The molecule has 0 saturated carbocycles. The summed E-state index contributed by atoms with van der Waals surface area (Å²) >= 11 is 0. The van der Waals surface area contributed by atoms with Crippen LogP contribution in [0, 0.1) is 0 Å². The van der Waals surface area contributed by atoms with Gasteiger partial charge in [-0.3, -0.25) is 0 Å². The molecule has 0 amide bonds. The lowest BCUT2D eigenvalue weighted by molar-refractivity contribution is 0.733. The van der Waals surface area contributed by atoms with Crippen molar-refractivity contribution in [2.24, 2.45) is 0 Å². The number of nitrogens with two attached hydrogens (primary N) is 1. The van der Waals surface area contributed by atoms with E-state index in [0.29, 0.717) is 11.9 Å². The largest absolute Gasteiger partial charge is 0.368 e. The fourth-order valence-corrected chi connectivity index (χ4v) is 1.52. The van der Waals surface area contributed by atoms with E-state index in [1.165, 1.54) is 0 Å². The molecule has 2 rings (SSSR count). The van der Waals surface area contributed by atoms with Crippen molar-refractivity contribution in [3.8, 4) is 0 Å². The van der Waals surface area contributed by atoms with Gasteiger partial charge in [-0.15, -0.1) is 0 Å². The number of hydrogen-bond acceptors (Lipinski definition) is 4. The molecule has 1 saturated heterocycles. The molecule has 1 unspecified atom stereocenters. The van der Waals surface area contributed by atoms with Crippen molar-refractivity contribution in [1.29, 1.82) is 0 Å². The zero-order valence-corrected chi connectivity index (χ0v) is 6.83. The quantitative estimate of drug-likeness (QED) is 0.619. The van der Waals surface area contributed by atoms with Crippen LogP contribution in [0.25, 0.3) is 0 Å². The molecule has 3 N–H and O–H groups in total. The highest BCUT2D eigenvalue weighted by atomic mass is 15.0. The van der Waals surface area contributed by atoms with Crippen LogP contribution < -0.4 is 11.1 Å². The fraction of sp³-hybridized carbons (Fsp3) is 0.500. The third-order valence-electron chi connectivity index (χ3n) is 2.17. The summed E-state index contributed by atoms with van der Waals surface area (Å²) in [5.41, 5.74) is 6.55. The van der Waals surface area contributed by atoms with Crippen molar-refractivity contribution in [3.63, 3.8) is 0 Å². The molecule has 1 atom stereocenters. The van der Waals surface area contributed by atoms with Crippen LogP contribution in [0.15, 0.2) is 12.3 Å². The minimum Gasteiger partial charge on any atom is -0.368 e. The van der Waals surface area contributed by atoms with E-state index in [9.17, 15) is 0 Å². The van der Waals surface area contributed by atoms with Crippen molar-refractivity contribution in [3.05, 3.63) is 18.0 Å². The zero-order valence-electron chi connectivity index (χ0n) is 6.83. The first-order valence-corrected chi connectivity index (χ1v) is 4.15. The Morgan fingerprint density at radius 2 is 2.50 bits per heavy atom. The van der Waals surface area contributed by atoms with E-state index < -0.39 is 0 Å².